The quantitative estimate of drug-likeness (QED) is 0.894. The van der Waals surface area contributed by atoms with Crippen molar-refractivity contribution in [2.24, 2.45) is 11.7 Å². The highest BCUT2D eigenvalue weighted by Crippen LogP contribution is 2.28. The van der Waals surface area contributed by atoms with Crippen LogP contribution in [0.2, 0.25) is 5.02 Å². The van der Waals surface area contributed by atoms with Gasteiger partial charge in [0.2, 0.25) is 0 Å². The van der Waals surface area contributed by atoms with Crippen LogP contribution in [0.1, 0.15) is 45.5 Å². The standard InChI is InChI=1S/C15H22ClN3/c1-4-8-19-14-11(16)6-5-7-13(14)18-15(19)12(17)9-10(2)3/h5-7,10,12H,4,8-9,17H2,1-3H3. The summed E-state index contributed by atoms with van der Waals surface area (Å²) in [5.74, 6) is 1.51. The van der Waals surface area contributed by atoms with Crippen molar-refractivity contribution in [1.82, 2.24) is 9.55 Å². The van der Waals surface area contributed by atoms with E-state index in [-0.39, 0.29) is 6.04 Å². The molecule has 0 saturated heterocycles. The summed E-state index contributed by atoms with van der Waals surface area (Å²) >= 11 is 6.32. The van der Waals surface area contributed by atoms with E-state index in [9.17, 15) is 0 Å². The molecule has 3 nitrogen and oxygen atoms in total. The second kappa shape index (κ2) is 5.93. The fourth-order valence-electron chi connectivity index (χ4n) is 2.51. The minimum absolute atomic E-state index is 0.0324. The number of rotatable bonds is 5. The first-order valence-corrected chi connectivity index (χ1v) is 7.32. The summed E-state index contributed by atoms with van der Waals surface area (Å²) in [4.78, 5) is 4.70. The molecule has 0 aliphatic rings. The van der Waals surface area contributed by atoms with E-state index in [1.807, 2.05) is 18.2 Å². The number of para-hydroxylation sites is 1. The average molecular weight is 280 g/mol. The van der Waals surface area contributed by atoms with Crippen LogP contribution in [0.4, 0.5) is 0 Å². The van der Waals surface area contributed by atoms with Crippen LogP contribution in [-0.2, 0) is 6.54 Å². The lowest BCUT2D eigenvalue weighted by atomic mass is 10.0. The van der Waals surface area contributed by atoms with Crippen molar-refractivity contribution in [2.45, 2.75) is 46.2 Å². The van der Waals surface area contributed by atoms with Crippen molar-refractivity contribution in [3.05, 3.63) is 29.0 Å². The molecule has 0 amide bonds. The number of hydrogen-bond acceptors (Lipinski definition) is 2. The van der Waals surface area contributed by atoms with Crippen LogP contribution in [-0.4, -0.2) is 9.55 Å². The van der Waals surface area contributed by atoms with Crippen LogP contribution in [0.25, 0.3) is 11.0 Å². The highest BCUT2D eigenvalue weighted by molar-refractivity contribution is 6.35. The summed E-state index contributed by atoms with van der Waals surface area (Å²) in [6, 6.07) is 5.81. The SMILES string of the molecule is CCCn1c(C(N)CC(C)C)nc2cccc(Cl)c21. The van der Waals surface area contributed by atoms with E-state index in [2.05, 4.69) is 25.3 Å². The third kappa shape index (κ3) is 2.93. The molecule has 0 radical (unpaired) electrons. The molecule has 0 aliphatic carbocycles. The lowest BCUT2D eigenvalue weighted by Gasteiger charge is -2.16. The fourth-order valence-corrected chi connectivity index (χ4v) is 2.78. The lowest BCUT2D eigenvalue weighted by Crippen LogP contribution is -2.18. The predicted octanol–water partition coefficient (Wildman–Crippen LogP) is 4.15. The number of nitrogens with two attached hydrogens (primary N) is 1. The molecule has 0 fully saturated rings. The Morgan fingerprint density at radius 3 is 2.74 bits per heavy atom. The number of imidazole rings is 1. The summed E-state index contributed by atoms with van der Waals surface area (Å²) in [7, 11) is 0. The molecule has 0 bridgehead atoms. The summed E-state index contributed by atoms with van der Waals surface area (Å²) < 4.78 is 2.19. The van der Waals surface area contributed by atoms with Crippen molar-refractivity contribution in [3.63, 3.8) is 0 Å². The van der Waals surface area contributed by atoms with E-state index in [0.29, 0.717) is 5.92 Å². The van der Waals surface area contributed by atoms with Crippen LogP contribution in [0.3, 0.4) is 0 Å². The summed E-state index contributed by atoms with van der Waals surface area (Å²) in [5.41, 5.74) is 8.27. The normalized spacial score (nSPS) is 13.4. The second-order valence-corrected chi connectivity index (χ2v) is 5.87. The zero-order valence-corrected chi connectivity index (χ0v) is 12.6. The second-order valence-electron chi connectivity index (χ2n) is 5.47. The minimum atomic E-state index is -0.0324. The van der Waals surface area contributed by atoms with Crippen LogP contribution < -0.4 is 5.73 Å². The van der Waals surface area contributed by atoms with Crippen LogP contribution in [0.15, 0.2) is 18.2 Å². The van der Waals surface area contributed by atoms with E-state index >= 15 is 0 Å². The largest absolute Gasteiger partial charge is 0.325 e. The van der Waals surface area contributed by atoms with Gasteiger partial charge in [-0.1, -0.05) is 38.4 Å². The molecule has 0 spiro atoms. The van der Waals surface area contributed by atoms with Crippen LogP contribution >= 0.6 is 11.6 Å². The molecule has 4 heteroatoms. The number of halogens is 1. The first-order valence-electron chi connectivity index (χ1n) is 6.94. The smallest absolute Gasteiger partial charge is 0.126 e. The van der Waals surface area contributed by atoms with Crippen LogP contribution in [0.5, 0.6) is 0 Å². The van der Waals surface area contributed by atoms with Crippen molar-refractivity contribution < 1.29 is 0 Å². The van der Waals surface area contributed by atoms with E-state index < -0.39 is 0 Å². The van der Waals surface area contributed by atoms with Gasteiger partial charge in [-0.2, -0.15) is 0 Å². The van der Waals surface area contributed by atoms with Gasteiger partial charge in [0.05, 0.1) is 22.1 Å². The Morgan fingerprint density at radius 2 is 2.11 bits per heavy atom. The van der Waals surface area contributed by atoms with Gasteiger partial charge in [-0.15, -0.1) is 0 Å². The van der Waals surface area contributed by atoms with Crippen molar-refractivity contribution in [2.75, 3.05) is 0 Å². The summed E-state index contributed by atoms with van der Waals surface area (Å²) in [6.45, 7) is 7.42. The molecule has 1 atom stereocenters. The first-order chi connectivity index (χ1) is 9.04. The summed E-state index contributed by atoms with van der Waals surface area (Å²) in [5, 5.41) is 0.751. The Hall–Kier alpha value is -1.06. The average Bonchev–Trinajstić information content (AvgIpc) is 2.69. The highest BCUT2D eigenvalue weighted by Gasteiger charge is 2.18. The molecule has 2 rings (SSSR count). The maximum absolute atomic E-state index is 6.32. The summed E-state index contributed by atoms with van der Waals surface area (Å²) in [6.07, 6.45) is 1.97. The highest BCUT2D eigenvalue weighted by atomic mass is 35.5. The van der Waals surface area contributed by atoms with Gasteiger partial charge in [0.15, 0.2) is 0 Å². The van der Waals surface area contributed by atoms with Gasteiger partial charge >= 0.3 is 0 Å². The number of benzene rings is 1. The molecule has 2 aromatic rings. The molecule has 1 aromatic heterocycles. The zero-order chi connectivity index (χ0) is 14.0. The van der Waals surface area contributed by atoms with Gasteiger partial charge in [-0.3, -0.25) is 0 Å². The Labute approximate surface area is 119 Å². The molecule has 1 unspecified atom stereocenters. The Bertz CT molecular complexity index is 560. The zero-order valence-electron chi connectivity index (χ0n) is 11.9. The maximum Gasteiger partial charge on any atom is 0.126 e. The number of fused-ring (bicyclic) bond motifs is 1. The Morgan fingerprint density at radius 1 is 1.37 bits per heavy atom. The van der Waals surface area contributed by atoms with E-state index in [1.54, 1.807) is 0 Å². The molecule has 2 N–H and O–H groups in total. The number of aryl methyl sites for hydroxylation is 1. The molecule has 0 saturated carbocycles. The number of aromatic nitrogens is 2. The number of hydrogen-bond donors (Lipinski definition) is 1. The molecule has 1 heterocycles. The molecular weight excluding hydrogens is 258 g/mol. The molecular formula is C15H22ClN3. The monoisotopic (exact) mass is 279 g/mol. The van der Waals surface area contributed by atoms with Gasteiger partial charge in [0, 0.05) is 6.54 Å². The molecule has 1 aromatic carbocycles. The maximum atomic E-state index is 6.32. The third-order valence-corrected chi connectivity index (χ3v) is 3.56. The van der Waals surface area contributed by atoms with E-state index in [1.165, 1.54) is 0 Å². The van der Waals surface area contributed by atoms with Gasteiger partial charge in [0.1, 0.15) is 5.82 Å². The van der Waals surface area contributed by atoms with E-state index in [0.717, 1.165) is 41.3 Å². The van der Waals surface area contributed by atoms with Gasteiger partial charge in [-0.25, -0.2) is 4.98 Å². The first kappa shape index (κ1) is 14.4. The van der Waals surface area contributed by atoms with Crippen LogP contribution in [0, 0.1) is 5.92 Å². The van der Waals surface area contributed by atoms with Crippen molar-refractivity contribution in [1.29, 1.82) is 0 Å². The molecule has 19 heavy (non-hydrogen) atoms. The Balaban J connectivity index is 2.53. The molecule has 104 valence electrons. The number of nitrogens with zero attached hydrogens (tertiary/aromatic N) is 2. The van der Waals surface area contributed by atoms with Gasteiger partial charge in [-0.05, 0) is 30.9 Å². The van der Waals surface area contributed by atoms with E-state index in [4.69, 9.17) is 22.3 Å². The topological polar surface area (TPSA) is 43.8 Å². The predicted molar refractivity (Wildman–Crippen MR) is 81.4 cm³/mol. The van der Waals surface area contributed by atoms with Gasteiger partial charge < -0.3 is 10.3 Å². The lowest BCUT2D eigenvalue weighted by molar-refractivity contribution is 0.475. The Kier molecular flexibility index (Phi) is 4.48. The van der Waals surface area contributed by atoms with Crippen molar-refractivity contribution in [3.8, 4) is 0 Å². The van der Waals surface area contributed by atoms with Gasteiger partial charge in [0.25, 0.3) is 0 Å². The fraction of sp³-hybridized carbons (Fsp3) is 0.533. The minimum Gasteiger partial charge on any atom is -0.325 e. The molecule has 0 aliphatic heterocycles. The van der Waals surface area contributed by atoms with Crippen molar-refractivity contribution >= 4 is 22.6 Å². The third-order valence-electron chi connectivity index (χ3n) is 3.25.